The van der Waals surface area contributed by atoms with E-state index in [9.17, 15) is 18.0 Å². The summed E-state index contributed by atoms with van der Waals surface area (Å²) in [5, 5.41) is 2.75. The molecule has 1 N–H and O–H groups in total. The van der Waals surface area contributed by atoms with Crippen molar-refractivity contribution in [3.8, 4) is 5.75 Å². The highest BCUT2D eigenvalue weighted by Crippen LogP contribution is 2.15. The molecule has 2 amide bonds. The Bertz CT molecular complexity index is 693. The van der Waals surface area contributed by atoms with Gasteiger partial charge in [0.2, 0.25) is 0 Å². The maximum atomic E-state index is 13.1. The summed E-state index contributed by atoms with van der Waals surface area (Å²) in [6.45, 7) is -2.16. The molecule has 7 heteroatoms. The van der Waals surface area contributed by atoms with Crippen LogP contribution >= 0.6 is 0 Å². The van der Waals surface area contributed by atoms with Gasteiger partial charge in [-0.25, -0.2) is 9.18 Å². The second-order valence-electron chi connectivity index (χ2n) is 5.49. The van der Waals surface area contributed by atoms with Gasteiger partial charge in [0.15, 0.2) is 0 Å². The fraction of sp³-hybridized carbons (Fsp3) is 0.278. The maximum absolute atomic E-state index is 13.1. The van der Waals surface area contributed by atoms with Gasteiger partial charge in [-0.05, 0) is 41.8 Å². The van der Waals surface area contributed by atoms with Gasteiger partial charge in [0.05, 0.1) is 0 Å². The van der Waals surface area contributed by atoms with E-state index < -0.39 is 6.61 Å². The zero-order valence-electron chi connectivity index (χ0n) is 13.7. The van der Waals surface area contributed by atoms with Crippen molar-refractivity contribution in [2.45, 2.75) is 19.6 Å². The summed E-state index contributed by atoms with van der Waals surface area (Å²) in [4.78, 5) is 13.5. The fourth-order valence-electron chi connectivity index (χ4n) is 2.26. The summed E-state index contributed by atoms with van der Waals surface area (Å²) < 4.78 is 41.5. The summed E-state index contributed by atoms with van der Waals surface area (Å²) in [6, 6.07) is 12.0. The van der Waals surface area contributed by atoms with E-state index >= 15 is 0 Å². The van der Waals surface area contributed by atoms with Crippen molar-refractivity contribution in [2.24, 2.45) is 0 Å². The van der Waals surface area contributed by atoms with Crippen molar-refractivity contribution in [2.75, 3.05) is 13.6 Å². The van der Waals surface area contributed by atoms with E-state index in [2.05, 4.69) is 10.1 Å². The van der Waals surface area contributed by atoms with E-state index in [-0.39, 0.29) is 17.6 Å². The van der Waals surface area contributed by atoms with Crippen LogP contribution < -0.4 is 10.1 Å². The standard InChI is InChI=1S/C18H19F3N2O2/c1-23(12-14-5-7-16(8-6-14)25-17(20)21)18(24)22-10-9-13-3-2-4-15(19)11-13/h2-8,11,17H,9-10,12H2,1H3,(H,22,24). The third kappa shape index (κ3) is 6.37. The van der Waals surface area contributed by atoms with Gasteiger partial charge in [0, 0.05) is 20.1 Å². The van der Waals surface area contributed by atoms with Gasteiger partial charge in [0.1, 0.15) is 11.6 Å². The lowest BCUT2D eigenvalue weighted by Crippen LogP contribution is -2.37. The molecule has 0 aliphatic heterocycles. The van der Waals surface area contributed by atoms with Crippen LogP contribution in [0.4, 0.5) is 18.0 Å². The highest BCUT2D eigenvalue weighted by atomic mass is 19.3. The molecule has 0 spiro atoms. The average Bonchev–Trinajstić information content (AvgIpc) is 2.56. The van der Waals surface area contributed by atoms with Crippen LogP contribution in [0.25, 0.3) is 0 Å². The first-order chi connectivity index (χ1) is 11.9. The van der Waals surface area contributed by atoms with E-state index in [0.717, 1.165) is 11.1 Å². The number of carbonyl (C=O) groups is 1. The summed E-state index contributed by atoms with van der Waals surface area (Å²) >= 11 is 0. The second-order valence-corrected chi connectivity index (χ2v) is 5.49. The minimum Gasteiger partial charge on any atom is -0.435 e. The van der Waals surface area contributed by atoms with Gasteiger partial charge in [-0.15, -0.1) is 0 Å². The molecule has 0 fully saturated rings. The molecule has 0 atom stereocenters. The van der Waals surface area contributed by atoms with Crippen LogP contribution in [-0.2, 0) is 13.0 Å². The smallest absolute Gasteiger partial charge is 0.387 e. The van der Waals surface area contributed by atoms with Crippen LogP contribution in [0.5, 0.6) is 5.75 Å². The van der Waals surface area contributed by atoms with Crippen molar-refractivity contribution < 1.29 is 22.7 Å². The van der Waals surface area contributed by atoms with E-state index in [1.807, 2.05) is 0 Å². The number of ether oxygens (including phenoxy) is 1. The number of halogens is 3. The minimum atomic E-state index is -2.86. The molecule has 0 heterocycles. The van der Waals surface area contributed by atoms with Crippen molar-refractivity contribution >= 4 is 6.03 Å². The number of hydrogen-bond donors (Lipinski definition) is 1. The summed E-state index contributed by atoms with van der Waals surface area (Å²) in [6.07, 6.45) is 0.525. The molecule has 0 aliphatic carbocycles. The monoisotopic (exact) mass is 352 g/mol. The van der Waals surface area contributed by atoms with Gasteiger partial charge in [-0.2, -0.15) is 8.78 Å². The summed E-state index contributed by atoms with van der Waals surface area (Å²) in [5.74, 6) is -0.235. The average molecular weight is 352 g/mol. The molecule has 0 bridgehead atoms. The molecule has 0 saturated heterocycles. The zero-order chi connectivity index (χ0) is 18.2. The van der Waals surface area contributed by atoms with Gasteiger partial charge in [-0.1, -0.05) is 24.3 Å². The molecule has 0 unspecified atom stereocenters. The number of nitrogens with one attached hydrogen (secondary N) is 1. The molecule has 0 aromatic heterocycles. The number of alkyl halides is 2. The number of rotatable bonds is 7. The highest BCUT2D eigenvalue weighted by molar-refractivity contribution is 5.73. The molecular formula is C18H19F3N2O2. The predicted octanol–water partition coefficient (Wildman–Crippen LogP) is 3.81. The number of benzene rings is 2. The van der Waals surface area contributed by atoms with E-state index in [4.69, 9.17) is 0 Å². The molecule has 134 valence electrons. The Morgan fingerprint density at radius 2 is 1.88 bits per heavy atom. The van der Waals surface area contributed by atoms with Crippen molar-refractivity contribution in [1.82, 2.24) is 10.2 Å². The minimum absolute atomic E-state index is 0.0703. The van der Waals surface area contributed by atoms with Gasteiger partial charge < -0.3 is 15.0 Å². The van der Waals surface area contributed by atoms with E-state index in [1.54, 1.807) is 31.3 Å². The third-order valence-corrected chi connectivity index (χ3v) is 3.49. The van der Waals surface area contributed by atoms with E-state index in [0.29, 0.717) is 19.5 Å². The maximum Gasteiger partial charge on any atom is 0.387 e. The normalized spacial score (nSPS) is 10.6. The van der Waals surface area contributed by atoms with Crippen molar-refractivity contribution in [1.29, 1.82) is 0 Å². The molecular weight excluding hydrogens is 333 g/mol. The first-order valence-corrected chi connectivity index (χ1v) is 7.71. The Balaban J connectivity index is 1.77. The number of nitrogens with zero attached hydrogens (tertiary/aromatic N) is 1. The molecule has 25 heavy (non-hydrogen) atoms. The van der Waals surface area contributed by atoms with Crippen LogP contribution in [0.3, 0.4) is 0 Å². The highest BCUT2D eigenvalue weighted by Gasteiger charge is 2.09. The Labute approximate surface area is 144 Å². The van der Waals surface area contributed by atoms with Gasteiger partial charge in [0.25, 0.3) is 0 Å². The Morgan fingerprint density at radius 3 is 2.52 bits per heavy atom. The predicted molar refractivity (Wildman–Crippen MR) is 88.0 cm³/mol. The topological polar surface area (TPSA) is 41.6 Å². The molecule has 2 aromatic rings. The summed E-state index contributed by atoms with van der Waals surface area (Å²) in [7, 11) is 1.63. The molecule has 2 aromatic carbocycles. The Hall–Kier alpha value is -2.70. The van der Waals surface area contributed by atoms with Crippen LogP contribution in [0.1, 0.15) is 11.1 Å². The summed E-state index contributed by atoms with van der Waals surface area (Å²) in [5.41, 5.74) is 1.59. The lowest BCUT2D eigenvalue weighted by molar-refractivity contribution is -0.0498. The zero-order valence-corrected chi connectivity index (χ0v) is 13.7. The molecule has 0 radical (unpaired) electrons. The molecule has 0 saturated carbocycles. The number of carbonyl (C=O) groups excluding carboxylic acids is 1. The van der Waals surface area contributed by atoms with Gasteiger partial charge >= 0.3 is 12.6 Å². The first kappa shape index (κ1) is 18.6. The van der Waals surface area contributed by atoms with Gasteiger partial charge in [-0.3, -0.25) is 0 Å². The van der Waals surface area contributed by atoms with Crippen LogP contribution in [-0.4, -0.2) is 31.1 Å². The largest absolute Gasteiger partial charge is 0.435 e. The fourth-order valence-corrected chi connectivity index (χ4v) is 2.26. The number of hydrogen-bond acceptors (Lipinski definition) is 2. The van der Waals surface area contributed by atoms with Crippen LogP contribution in [0.2, 0.25) is 0 Å². The third-order valence-electron chi connectivity index (χ3n) is 3.49. The van der Waals surface area contributed by atoms with Crippen LogP contribution in [0.15, 0.2) is 48.5 Å². The quantitative estimate of drug-likeness (QED) is 0.823. The van der Waals surface area contributed by atoms with Crippen LogP contribution in [0, 0.1) is 5.82 Å². The van der Waals surface area contributed by atoms with Crippen molar-refractivity contribution in [3.05, 3.63) is 65.5 Å². The lowest BCUT2D eigenvalue weighted by atomic mass is 10.1. The molecule has 2 rings (SSSR count). The van der Waals surface area contributed by atoms with E-state index in [1.165, 1.54) is 29.2 Å². The number of amides is 2. The molecule has 0 aliphatic rings. The Morgan fingerprint density at radius 1 is 1.16 bits per heavy atom. The Kier molecular flexibility index (Phi) is 6.68. The lowest BCUT2D eigenvalue weighted by Gasteiger charge is -2.18. The first-order valence-electron chi connectivity index (χ1n) is 7.71. The van der Waals surface area contributed by atoms with Crippen molar-refractivity contribution in [3.63, 3.8) is 0 Å². The number of urea groups is 1. The SMILES string of the molecule is CN(Cc1ccc(OC(F)F)cc1)C(=O)NCCc1cccc(F)c1. The second kappa shape index (κ2) is 8.96. The molecule has 4 nitrogen and oxygen atoms in total.